The third kappa shape index (κ3) is 2.77. The van der Waals surface area contributed by atoms with Gasteiger partial charge in [-0.05, 0) is 124 Å². The molecule has 2 N–H and O–H groups in total. The van der Waals surface area contributed by atoms with Crippen LogP contribution in [0.15, 0.2) is 6.07 Å². The van der Waals surface area contributed by atoms with Crippen LogP contribution in [0.3, 0.4) is 0 Å². The van der Waals surface area contributed by atoms with E-state index in [1.807, 2.05) is 0 Å². The number of hydrogen-bond acceptors (Lipinski definition) is 2. The van der Waals surface area contributed by atoms with Crippen LogP contribution in [0.2, 0.25) is 0 Å². The van der Waals surface area contributed by atoms with E-state index in [0.717, 1.165) is 11.1 Å². The van der Waals surface area contributed by atoms with E-state index in [9.17, 15) is 10.2 Å². The summed E-state index contributed by atoms with van der Waals surface area (Å²) in [6.45, 7) is 19.2. The molecule has 1 aliphatic carbocycles. The minimum atomic E-state index is -0.558. The standard InChI is InChI=1S/C25H34O2/c1-11-10-12(2)14(4)20(13(11)3)22-24(26)23(25(22)27)21-18(8)16(6)15(5)17(7)19(21)9/h10,22-27H,1-9H3. The Bertz CT molecular complexity index is 858. The van der Waals surface area contributed by atoms with Gasteiger partial charge < -0.3 is 10.2 Å². The van der Waals surface area contributed by atoms with E-state index in [2.05, 4.69) is 68.4 Å². The smallest absolute Gasteiger partial charge is 0.0727 e. The van der Waals surface area contributed by atoms with Crippen molar-refractivity contribution < 1.29 is 10.2 Å². The van der Waals surface area contributed by atoms with E-state index in [4.69, 9.17) is 0 Å². The first-order valence-electron chi connectivity index (χ1n) is 10.0. The fourth-order valence-corrected chi connectivity index (χ4v) is 5.16. The Kier molecular flexibility index (Phi) is 5.03. The van der Waals surface area contributed by atoms with Crippen molar-refractivity contribution in [1.29, 1.82) is 0 Å². The maximum atomic E-state index is 11.2. The van der Waals surface area contributed by atoms with E-state index in [0.29, 0.717) is 0 Å². The molecule has 0 heterocycles. The highest BCUT2D eigenvalue weighted by Crippen LogP contribution is 2.52. The van der Waals surface area contributed by atoms with Crippen LogP contribution < -0.4 is 0 Å². The van der Waals surface area contributed by atoms with Crippen molar-refractivity contribution in [2.45, 2.75) is 86.4 Å². The van der Waals surface area contributed by atoms with E-state index >= 15 is 0 Å². The molecule has 1 aliphatic rings. The SMILES string of the molecule is Cc1cc(C)c(C)c(C2C(O)C(c3c(C)c(C)c(C)c(C)c3C)C2O)c1C. The highest BCUT2D eigenvalue weighted by Gasteiger charge is 2.52. The van der Waals surface area contributed by atoms with E-state index in [-0.39, 0.29) is 11.8 Å². The average molecular weight is 367 g/mol. The van der Waals surface area contributed by atoms with Gasteiger partial charge in [0.2, 0.25) is 0 Å². The van der Waals surface area contributed by atoms with Gasteiger partial charge in [-0.2, -0.15) is 0 Å². The number of aryl methyl sites for hydroxylation is 2. The fourth-order valence-electron chi connectivity index (χ4n) is 5.16. The minimum absolute atomic E-state index is 0.214. The van der Waals surface area contributed by atoms with Gasteiger partial charge in [-0.15, -0.1) is 0 Å². The van der Waals surface area contributed by atoms with Crippen molar-refractivity contribution in [3.63, 3.8) is 0 Å². The fraction of sp³-hybridized carbons (Fsp3) is 0.520. The molecule has 3 rings (SSSR count). The topological polar surface area (TPSA) is 40.5 Å². The summed E-state index contributed by atoms with van der Waals surface area (Å²) < 4.78 is 0. The van der Waals surface area contributed by atoms with Gasteiger partial charge in [0.1, 0.15) is 0 Å². The zero-order chi connectivity index (χ0) is 20.4. The van der Waals surface area contributed by atoms with E-state index < -0.39 is 12.2 Å². The van der Waals surface area contributed by atoms with E-state index in [1.165, 1.54) is 50.1 Å². The third-order valence-electron chi connectivity index (χ3n) is 7.62. The number of benzene rings is 2. The molecule has 0 aliphatic heterocycles. The van der Waals surface area contributed by atoms with Gasteiger partial charge in [0.25, 0.3) is 0 Å². The highest BCUT2D eigenvalue weighted by molar-refractivity contribution is 5.55. The van der Waals surface area contributed by atoms with Crippen LogP contribution in [-0.2, 0) is 0 Å². The molecule has 2 atom stereocenters. The summed E-state index contributed by atoms with van der Waals surface area (Å²) in [7, 11) is 0. The van der Waals surface area contributed by atoms with Gasteiger partial charge in [-0.3, -0.25) is 0 Å². The van der Waals surface area contributed by atoms with Crippen molar-refractivity contribution in [3.05, 3.63) is 67.3 Å². The molecule has 1 saturated carbocycles. The molecule has 146 valence electrons. The first kappa shape index (κ1) is 20.1. The molecule has 1 fully saturated rings. The second-order valence-electron chi connectivity index (χ2n) is 8.75. The van der Waals surface area contributed by atoms with Crippen molar-refractivity contribution >= 4 is 0 Å². The quantitative estimate of drug-likeness (QED) is 0.779. The lowest BCUT2D eigenvalue weighted by Crippen LogP contribution is -2.52. The molecule has 2 heteroatoms. The molecule has 2 unspecified atom stereocenters. The number of hydrogen-bond donors (Lipinski definition) is 2. The second kappa shape index (κ2) is 6.76. The molecule has 0 amide bonds. The van der Waals surface area contributed by atoms with E-state index in [1.54, 1.807) is 0 Å². The van der Waals surface area contributed by atoms with Crippen LogP contribution in [0.4, 0.5) is 0 Å². The van der Waals surface area contributed by atoms with Gasteiger partial charge in [0, 0.05) is 11.8 Å². The second-order valence-corrected chi connectivity index (χ2v) is 8.75. The summed E-state index contributed by atoms with van der Waals surface area (Å²) >= 11 is 0. The molecular weight excluding hydrogens is 332 g/mol. The lowest BCUT2D eigenvalue weighted by Gasteiger charge is -2.49. The zero-order valence-electron chi connectivity index (χ0n) is 18.3. The first-order chi connectivity index (χ1) is 12.5. The molecule has 0 aromatic heterocycles. The van der Waals surface area contributed by atoms with Crippen LogP contribution in [-0.4, -0.2) is 22.4 Å². The predicted molar refractivity (Wildman–Crippen MR) is 113 cm³/mol. The number of aliphatic hydroxyl groups excluding tert-OH is 2. The van der Waals surface area contributed by atoms with Gasteiger partial charge in [0.15, 0.2) is 0 Å². The average Bonchev–Trinajstić information content (AvgIpc) is 2.63. The Morgan fingerprint density at radius 3 is 1.15 bits per heavy atom. The Balaban J connectivity index is 2.10. The summed E-state index contributed by atoms with van der Waals surface area (Å²) in [5.74, 6) is -0.429. The molecule has 0 saturated heterocycles. The Morgan fingerprint density at radius 1 is 0.481 bits per heavy atom. The van der Waals surface area contributed by atoms with Crippen LogP contribution in [0.25, 0.3) is 0 Å². The molecule has 27 heavy (non-hydrogen) atoms. The largest absolute Gasteiger partial charge is 0.392 e. The summed E-state index contributed by atoms with van der Waals surface area (Å²) in [5.41, 5.74) is 13.4. The number of rotatable bonds is 2. The maximum absolute atomic E-state index is 11.2. The van der Waals surface area contributed by atoms with Gasteiger partial charge >= 0.3 is 0 Å². The van der Waals surface area contributed by atoms with Crippen molar-refractivity contribution in [2.75, 3.05) is 0 Å². The Hall–Kier alpha value is -1.64. The highest BCUT2D eigenvalue weighted by atomic mass is 16.3. The van der Waals surface area contributed by atoms with Gasteiger partial charge in [0.05, 0.1) is 12.2 Å². The normalized spacial score (nSPS) is 24.9. The Morgan fingerprint density at radius 2 is 0.778 bits per heavy atom. The maximum Gasteiger partial charge on any atom is 0.0727 e. The molecule has 0 bridgehead atoms. The summed E-state index contributed by atoms with van der Waals surface area (Å²) in [4.78, 5) is 0. The molecule has 2 aromatic rings. The van der Waals surface area contributed by atoms with Gasteiger partial charge in [-0.1, -0.05) is 6.07 Å². The van der Waals surface area contributed by atoms with Gasteiger partial charge in [-0.25, -0.2) is 0 Å². The molecule has 2 aromatic carbocycles. The van der Waals surface area contributed by atoms with Crippen molar-refractivity contribution in [2.24, 2.45) is 0 Å². The van der Waals surface area contributed by atoms with Crippen LogP contribution in [0, 0.1) is 62.3 Å². The summed E-state index contributed by atoms with van der Waals surface area (Å²) in [5, 5.41) is 22.4. The lowest BCUT2D eigenvalue weighted by molar-refractivity contribution is -0.0794. The Labute approximate surface area is 164 Å². The molecule has 0 radical (unpaired) electrons. The first-order valence-corrected chi connectivity index (χ1v) is 10.0. The van der Waals surface area contributed by atoms with Crippen LogP contribution >= 0.6 is 0 Å². The van der Waals surface area contributed by atoms with Crippen LogP contribution in [0.1, 0.15) is 73.0 Å². The third-order valence-corrected chi connectivity index (χ3v) is 7.62. The molecular formula is C25H34O2. The van der Waals surface area contributed by atoms with Crippen LogP contribution in [0.5, 0.6) is 0 Å². The molecule has 0 spiro atoms. The minimum Gasteiger partial charge on any atom is -0.392 e. The zero-order valence-corrected chi connectivity index (χ0v) is 18.3. The summed E-state index contributed by atoms with van der Waals surface area (Å²) in [6, 6.07) is 2.20. The predicted octanol–water partition coefficient (Wildman–Crippen LogP) is 5.07. The monoisotopic (exact) mass is 366 g/mol. The lowest BCUT2D eigenvalue weighted by atomic mass is 9.60. The number of aliphatic hydroxyl groups is 2. The van der Waals surface area contributed by atoms with Crippen molar-refractivity contribution in [3.8, 4) is 0 Å². The summed E-state index contributed by atoms with van der Waals surface area (Å²) in [6.07, 6.45) is -1.12. The molecule has 2 nitrogen and oxygen atoms in total. The van der Waals surface area contributed by atoms with Crippen molar-refractivity contribution in [1.82, 2.24) is 0 Å².